The number of pyridine rings is 2. The van der Waals surface area contributed by atoms with Crippen molar-refractivity contribution in [2.45, 2.75) is 0 Å². The van der Waals surface area contributed by atoms with Gasteiger partial charge in [-0.3, -0.25) is 9.97 Å². The van der Waals surface area contributed by atoms with Gasteiger partial charge in [0, 0.05) is 67.7 Å². The minimum atomic E-state index is 0.676. The van der Waals surface area contributed by atoms with Crippen LogP contribution in [0.1, 0.15) is 0 Å². The molecule has 4 heterocycles. The minimum absolute atomic E-state index is 0.676. The first kappa shape index (κ1) is 44.4. The number of hydrogen-bond acceptors (Lipinski definition) is 6. The van der Waals surface area contributed by atoms with Crippen LogP contribution in [0.5, 0.6) is 0 Å². The molecule has 0 fully saturated rings. The maximum atomic E-state index is 5.26. The molecule has 354 valence electrons. The van der Waals surface area contributed by atoms with Gasteiger partial charge in [-0.1, -0.05) is 231 Å². The largest absolute Gasteiger partial charge is 0.256 e. The van der Waals surface area contributed by atoms with Gasteiger partial charge in [0.1, 0.15) is 0 Å². The molecule has 6 heteroatoms. The summed E-state index contributed by atoms with van der Waals surface area (Å²) in [4.78, 5) is 30.6. The Morgan fingerprint density at radius 1 is 0.211 bits per heavy atom. The molecular formula is C70H44N6. The summed E-state index contributed by atoms with van der Waals surface area (Å²) in [5.74, 6) is 1.35. The van der Waals surface area contributed by atoms with E-state index >= 15 is 0 Å². The number of hydrogen-bond donors (Lipinski definition) is 0. The van der Waals surface area contributed by atoms with Gasteiger partial charge in [0.05, 0.1) is 34.2 Å². The second kappa shape index (κ2) is 19.0. The molecule has 0 aliphatic carbocycles. The van der Waals surface area contributed by atoms with Gasteiger partial charge >= 0.3 is 0 Å². The van der Waals surface area contributed by atoms with Gasteiger partial charge in [0.15, 0.2) is 11.6 Å². The summed E-state index contributed by atoms with van der Waals surface area (Å²) in [5, 5.41) is 9.08. The molecule has 0 amide bonds. The van der Waals surface area contributed by atoms with Crippen LogP contribution in [0.25, 0.3) is 145 Å². The molecule has 14 rings (SSSR count). The number of fused-ring (bicyclic) bond motifs is 4. The Morgan fingerprint density at radius 2 is 0.487 bits per heavy atom. The highest BCUT2D eigenvalue weighted by Crippen LogP contribution is 2.37. The molecule has 0 saturated carbocycles. The second-order valence-corrected chi connectivity index (χ2v) is 19.0. The molecule has 6 nitrogen and oxygen atoms in total. The molecule has 0 radical (unpaired) electrons. The molecule has 0 unspecified atom stereocenters. The molecule has 14 aromatic rings. The zero-order valence-corrected chi connectivity index (χ0v) is 41.1. The van der Waals surface area contributed by atoms with Crippen LogP contribution in [0.15, 0.2) is 267 Å². The van der Waals surface area contributed by atoms with E-state index in [-0.39, 0.29) is 0 Å². The Labute approximate surface area is 439 Å². The van der Waals surface area contributed by atoms with Crippen molar-refractivity contribution >= 4 is 43.1 Å². The van der Waals surface area contributed by atoms with E-state index in [0.29, 0.717) is 11.6 Å². The fourth-order valence-electron chi connectivity index (χ4n) is 10.5. The highest BCUT2D eigenvalue weighted by Gasteiger charge is 2.17. The summed E-state index contributed by atoms with van der Waals surface area (Å²) in [6, 6.07) is 89.0. The standard InChI is InChI=1S/C70H44N6/c1-5-17-57-47(11-1)15-9-21-61(57)69-73-63(43-65(75-69)53-31-35-55(36-32-53)67-59-19-7-3-13-49(59)39-41-71-67)51-27-23-45(24-28-51)46-25-29-52(30-26-46)64-44-66(76-70(74-64)62-22-10-16-48-12-2-6-18-58(48)62)54-33-37-56(38-34-54)68-60-20-8-4-14-50(60)40-42-72-68/h1-44H. The third-order valence-electron chi connectivity index (χ3n) is 14.5. The van der Waals surface area contributed by atoms with E-state index in [1.807, 2.05) is 12.4 Å². The van der Waals surface area contributed by atoms with E-state index in [2.05, 4.69) is 255 Å². The van der Waals surface area contributed by atoms with Crippen LogP contribution in [0.2, 0.25) is 0 Å². The lowest BCUT2D eigenvalue weighted by molar-refractivity contribution is 1.19. The third-order valence-corrected chi connectivity index (χ3v) is 14.5. The van der Waals surface area contributed by atoms with Crippen molar-refractivity contribution in [3.8, 4) is 101 Å². The molecule has 0 aliphatic heterocycles. The number of aromatic nitrogens is 6. The van der Waals surface area contributed by atoms with Gasteiger partial charge in [0.2, 0.25) is 0 Å². The zero-order chi connectivity index (χ0) is 50.4. The summed E-state index contributed by atoms with van der Waals surface area (Å²) < 4.78 is 0. The van der Waals surface area contributed by atoms with Gasteiger partial charge in [-0.25, -0.2) is 19.9 Å². The van der Waals surface area contributed by atoms with Crippen molar-refractivity contribution in [1.29, 1.82) is 0 Å². The zero-order valence-electron chi connectivity index (χ0n) is 41.1. The van der Waals surface area contributed by atoms with Crippen molar-refractivity contribution in [2.75, 3.05) is 0 Å². The lowest BCUT2D eigenvalue weighted by atomic mass is 9.98. The first-order chi connectivity index (χ1) is 37.6. The van der Waals surface area contributed by atoms with E-state index in [0.717, 1.165) is 133 Å². The first-order valence-corrected chi connectivity index (χ1v) is 25.5. The van der Waals surface area contributed by atoms with E-state index in [1.54, 1.807) is 0 Å². The van der Waals surface area contributed by atoms with Crippen molar-refractivity contribution in [2.24, 2.45) is 0 Å². The van der Waals surface area contributed by atoms with E-state index in [1.165, 1.54) is 0 Å². The topological polar surface area (TPSA) is 77.3 Å². The predicted molar refractivity (Wildman–Crippen MR) is 312 cm³/mol. The second-order valence-electron chi connectivity index (χ2n) is 19.0. The van der Waals surface area contributed by atoms with Crippen molar-refractivity contribution < 1.29 is 0 Å². The number of benzene rings is 10. The van der Waals surface area contributed by atoms with Gasteiger partial charge in [-0.05, 0) is 67.7 Å². The molecular weight excluding hydrogens is 925 g/mol. The summed E-state index contributed by atoms with van der Waals surface area (Å²) in [7, 11) is 0. The van der Waals surface area contributed by atoms with Crippen LogP contribution < -0.4 is 0 Å². The summed E-state index contributed by atoms with van der Waals surface area (Å²) in [6.45, 7) is 0. The Kier molecular flexibility index (Phi) is 11.1. The minimum Gasteiger partial charge on any atom is -0.256 e. The fourth-order valence-corrected chi connectivity index (χ4v) is 10.5. The maximum absolute atomic E-state index is 5.26. The van der Waals surface area contributed by atoms with Crippen LogP contribution in [0.3, 0.4) is 0 Å². The number of nitrogens with zero attached hydrogens (tertiary/aromatic N) is 6. The van der Waals surface area contributed by atoms with Gasteiger partial charge in [-0.15, -0.1) is 0 Å². The van der Waals surface area contributed by atoms with Gasteiger partial charge in [0.25, 0.3) is 0 Å². The lowest BCUT2D eigenvalue weighted by Crippen LogP contribution is -1.97. The van der Waals surface area contributed by atoms with Crippen LogP contribution >= 0.6 is 0 Å². The Bertz CT molecular complexity index is 4180. The molecule has 0 aliphatic rings. The molecule has 0 N–H and O–H groups in total. The summed E-state index contributed by atoms with van der Waals surface area (Å²) in [6.07, 6.45) is 3.76. The first-order valence-electron chi connectivity index (χ1n) is 25.5. The van der Waals surface area contributed by atoms with Crippen molar-refractivity contribution in [3.05, 3.63) is 267 Å². The highest BCUT2D eigenvalue weighted by atomic mass is 14.9. The number of rotatable bonds is 9. The molecule has 10 aromatic carbocycles. The molecule has 0 atom stereocenters. The molecule has 0 spiro atoms. The van der Waals surface area contributed by atoms with E-state index in [9.17, 15) is 0 Å². The Balaban J connectivity index is 0.801. The third kappa shape index (κ3) is 8.30. The van der Waals surface area contributed by atoms with Crippen molar-refractivity contribution in [3.63, 3.8) is 0 Å². The van der Waals surface area contributed by atoms with E-state index < -0.39 is 0 Å². The maximum Gasteiger partial charge on any atom is 0.161 e. The predicted octanol–water partition coefficient (Wildman–Crippen LogP) is 17.7. The molecule has 76 heavy (non-hydrogen) atoms. The average molecular weight is 969 g/mol. The Morgan fingerprint density at radius 3 is 0.842 bits per heavy atom. The van der Waals surface area contributed by atoms with Crippen LogP contribution in [0.4, 0.5) is 0 Å². The molecule has 0 bridgehead atoms. The smallest absolute Gasteiger partial charge is 0.161 e. The lowest BCUT2D eigenvalue weighted by Gasteiger charge is -2.13. The quantitative estimate of drug-likeness (QED) is 0.143. The van der Waals surface area contributed by atoms with Gasteiger partial charge < -0.3 is 0 Å². The average Bonchev–Trinajstić information content (AvgIpc) is 3.51. The Hall–Kier alpha value is -10.3. The SMILES string of the molecule is c1ccc2c(-c3nc(-c4ccc(-c5ccc(-c6cc(-c7ccc(-c8nccc9ccccc89)cc7)nc(-c7cccc8ccccc78)n6)cc5)cc4)cc(-c4ccc(-c5nccc6ccccc56)cc4)n3)cccc2c1. The monoisotopic (exact) mass is 968 g/mol. The van der Waals surface area contributed by atoms with E-state index in [4.69, 9.17) is 29.9 Å². The van der Waals surface area contributed by atoms with Crippen LogP contribution in [-0.2, 0) is 0 Å². The van der Waals surface area contributed by atoms with Crippen molar-refractivity contribution in [1.82, 2.24) is 29.9 Å². The highest BCUT2D eigenvalue weighted by molar-refractivity contribution is 5.98. The fraction of sp³-hybridized carbons (Fsp3) is 0. The molecule has 4 aromatic heterocycles. The summed E-state index contributed by atoms with van der Waals surface area (Å²) >= 11 is 0. The van der Waals surface area contributed by atoms with Crippen LogP contribution in [0, 0.1) is 0 Å². The summed E-state index contributed by atoms with van der Waals surface area (Å²) in [5.41, 5.74) is 15.6. The van der Waals surface area contributed by atoms with Crippen LogP contribution in [-0.4, -0.2) is 29.9 Å². The normalized spacial score (nSPS) is 11.4. The molecule has 0 saturated heterocycles. The van der Waals surface area contributed by atoms with Gasteiger partial charge in [-0.2, -0.15) is 0 Å².